The van der Waals surface area contributed by atoms with Gasteiger partial charge in [0.2, 0.25) is 0 Å². The fourth-order valence-corrected chi connectivity index (χ4v) is 1.71. The van der Waals surface area contributed by atoms with Crippen LogP contribution in [0.25, 0.3) is 0 Å². The van der Waals surface area contributed by atoms with E-state index in [0.29, 0.717) is 4.90 Å². The van der Waals surface area contributed by atoms with Crippen LogP contribution in [0, 0.1) is 0 Å². The second-order valence-corrected chi connectivity index (χ2v) is 3.92. The minimum absolute atomic E-state index is 0.262. The van der Waals surface area contributed by atoms with Crippen LogP contribution < -0.4 is 0 Å². The summed E-state index contributed by atoms with van der Waals surface area (Å²) >= 11 is 1.30. The molecule has 0 heterocycles. The maximum absolute atomic E-state index is 12.6. The molecule has 0 aliphatic rings. The molecular formula is C10H11F3O2S. The molecule has 1 N–H and O–H groups in total. The summed E-state index contributed by atoms with van der Waals surface area (Å²) in [5, 5.41) is 9.36. The van der Waals surface area contributed by atoms with Gasteiger partial charge in [-0.2, -0.15) is 13.2 Å². The highest BCUT2D eigenvalue weighted by Gasteiger charge is 2.35. The van der Waals surface area contributed by atoms with E-state index < -0.39 is 18.0 Å². The summed E-state index contributed by atoms with van der Waals surface area (Å²) in [6, 6.07) is 3.59. The molecule has 1 unspecified atom stereocenters. The zero-order valence-electron chi connectivity index (χ0n) is 8.71. The van der Waals surface area contributed by atoms with Crippen molar-refractivity contribution in [1.29, 1.82) is 0 Å². The van der Waals surface area contributed by atoms with Crippen LogP contribution in [0.3, 0.4) is 0 Å². The third-order valence-corrected chi connectivity index (χ3v) is 2.78. The van der Waals surface area contributed by atoms with E-state index in [1.807, 2.05) is 0 Å². The molecule has 1 rings (SSSR count). The maximum atomic E-state index is 12.6. The van der Waals surface area contributed by atoms with Crippen LogP contribution in [0.15, 0.2) is 23.1 Å². The Morgan fingerprint density at radius 1 is 1.38 bits per heavy atom. The fourth-order valence-electron chi connectivity index (χ4n) is 1.26. The van der Waals surface area contributed by atoms with E-state index in [-0.39, 0.29) is 5.56 Å². The van der Waals surface area contributed by atoms with E-state index in [0.717, 1.165) is 13.2 Å². The van der Waals surface area contributed by atoms with Crippen LogP contribution in [0.4, 0.5) is 13.2 Å². The van der Waals surface area contributed by atoms with Crippen LogP contribution in [0.1, 0.15) is 17.4 Å². The van der Waals surface area contributed by atoms with Crippen molar-refractivity contribution in [2.24, 2.45) is 0 Å². The van der Waals surface area contributed by atoms with E-state index >= 15 is 0 Å². The fraction of sp³-hybridized carbons (Fsp3) is 0.400. The molecule has 16 heavy (non-hydrogen) atoms. The van der Waals surface area contributed by atoms with E-state index in [9.17, 15) is 18.3 Å². The van der Waals surface area contributed by atoms with Crippen LogP contribution in [0.5, 0.6) is 0 Å². The van der Waals surface area contributed by atoms with Gasteiger partial charge >= 0.3 is 6.18 Å². The molecule has 1 aromatic rings. The standard InChI is InChI=1S/C10H11F3O2S/c1-15-9(14)7-5-6(16-2)3-4-8(7)10(11,12)13/h3-5,9,14H,1-2H3. The topological polar surface area (TPSA) is 29.5 Å². The Balaban J connectivity index is 3.27. The Labute approximate surface area is 95.4 Å². The van der Waals surface area contributed by atoms with Crippen molar-refractivity contribution in [3.8, 4) is 0 Å². The molecule has 0 bridgehead atoms. The van der Waals surface area contributed by atoms with Gasteiger partial charge in [-0.25, -0.2) is 0 Å². The van der Waals surface area contributed by atoms with Gasteiger partial charge in [0.25, 0.3) is 0 Å². The van der Waals surface area contributed by atoms with Crippen LogP contribution in [-0.2, 0) is 10.9 Å². The summed E-state index contributed by atoms with van der Waals surface area (Å²) in [5.74, 6) is 0. The van der Waals surface area contributed by atoms with Gasteiger partial charge in [0.15, 0.2) is 6.29 Å². The van der Waals surface area contributed by atoms with Gasteiger partial charge in [0.05, 0.1) is 5.56 Å². The Hall–Kier alpha value is -0.720. The largest absolute Gasteiger partial charge is 0.416 e. The minimum atomic E-state index is -4.49. The number of halogens is 3. The molecule has 2 nitrogen and oxygen atoms in total. The molecule has 0 saturated carbocycles. The number of aliphatic hydroxyl groups excluding tert-OH is 1. The lowest BCUT2D eigenvalue weighted by Gasteiger charge is -2.17. The number of methoxy groups -OCH3 is 1. The van der Waals surface area contributed by atoms with Crippen LogP contribution in [-0.4, -0.2) is 18.5 Å². The summed E-state index contributed by atoms with van der Waals surface area (Å²) in [5.41, 5.74) is -1.14. The van der Waals surface area contributed by atoms with Crippen LogP contribution in [0.2, 0.25) is 0 Å². The molecule has 0 radical (unpaired) electrons. The number of alkyl halides is 3. The molecular weight excluding hydrogens is 241 g/mol. The molecule has 0 saturated heterocycles. The van der Waals surface area contributed by atoms with Crippen molar-refractivity contribution in [2.75, 3.05) is 13.4 Å². The number of benzene rings is 1. The first kappa shape index (κ1) is 13.3. The molecule has 0 amide bonds. The highest BCUT2D eigenvalue weighted by atomic mass is 32.2. The predicted octanol–water partition coefficient (Wildman–Crippen LogP) is 3.06. The van der Waals surface area contributed by atoms with Gasteiger partial charge in [-0.1, -0.05) is 0 Å². The summed E-state index contributed by atoms with van der Waals surface area (Å²) < 4.78 is 42.3. The molecule has 0 aromatic heterocycles. The van der Waals surface area contributed by atoms with E-state index in [4.69, 9.17) is 0 Å². The predicted molar refractivity (Wildman–Crippen MR) is 55.2 cm³/mol. The Morgan fingerprint density at radius 3 is 2.44 bits per heavy atom. The van der Waals surface area contributed by atoms with Gasteiger partial charge in [-0.05, 0) is 24.5 Å². The summed E-state index contributed by atoms with van der Waals surface area (Å²) in [6.07, 6.45) is -4.32. The Morgan fingerprint density at radius 2 is 2.00 bits per heavy atom. The van der Waals surface area contributed by atoms with Crippen molar-refractivity contribution in [1.82, 2.24) is 0 Å². The van der Waals surface area contributed by atoms with Gasteiger partial charge in [-0.15, -0.1) is 11.8 Å². The zero-order chi connectivity index (χ0) is 12.3. The van der Waals surface area contributed by atoms with E-state index in [2.05, 4.69) is 4.74 Å². The third kappa shape index (κ3) is 2.90. The van der Waals surface area contributed by atoms with Gasteiger partial charge in [0, 0.05) is 17.6 Å². The highest BCUT2D eigenvalue weighted by molar-refractivity contribution is 7.98. The molecule has 0 spiro atoms. The number of hydrogen-bond acceptors (Lipinski definition) is 3. The second-order valence-electron chi connectivity index (χ2n) is 3.04. The molecule has 1 atom stereocenters. The monoisotopic (exact) mass is 252 g/mol. The number of aliphatic hydroxyl groups is 1. The molecule has 90 valence electrons. The zero-order valence-corrected chi connectivity index (χ0v) is 9.52. The van der Waals surface area contributed by atoms with Gasteiger partial charge in [0.1, 0.15) is 0 Å². The minimum Gasteiger partial charge on any atom is -0.364 e. The smallest absolute Gasteiger partial charge is 0.364 e. The van der Waals surface area contributed by atoms with Crippen molar-refractivity contribution in [3.05, 3.63) is 29.3 Å². The van der Waals surface area contributed by atoms with Crippen molar-refractivity contribution in [2.45, 2.75) is 17.4 Å². The molecule has 0 aliphatic heterocycles. The van der Waals surface area contributed by atoms with E-state index in [1.54, 1.807) is 6.26 Å². The quantitative estimate of drug-likeness (QED) is 0.662. The molecule has 0 aliphatic carbocycles. The molecule has 0 fully saturated rings. The normalized spacial score (nSPS) is 13.9. The lowest BCUT2D eigenvalue weighted by Crippen LogP contribution is -2.13. The summed E-state index contributed by atoms with van der Waals surface area (Å²) in [6.45, 7) is 0. The van der Waals surface area contributed by atoms with Crippen molar-refractivity contribution < 1.29 is 23.0 Å². The average molecular weight is 252 g/mol. The lowest BCUT2D eigenvalue weighted by molar-refractivity contribution is -0.144. The van der Waals surface area contributed by atoms with Crippen LogP contribution >= 0.6 is 11.8 Å². The molecule has 6 heteroatoms. The Kier molecular flexibility index (Phi) is 4.23. The van der Waals surface area contributed by atoms with Crippen molar-refractivity contribution >= 4 is 11.8 Å². The SMILES string of the molecule is COC(O)c1cc(SC)ccc1C(F)(F)F. The van der Waals surface area contributed by atoms with E-state index in [1.165, 1.54) is 23.9 Å². The number of thioether (sulfide) groups is 1. The summed E-state index contributed by atoms with van der Waals surface area (Å²) in [4.78, 5) is 0.638. The first-order valence-corrected chi connectivity index (χ1v) is 5.58. The average Bonchev–Trinajstić information content (AvgIpc) is 2.25. The number of hydrogen-bond donors (Lipinski definition) is 1. The second kappa shape index (κ2) is 5.07. The number of rotatable bonds is 3. The first-order chi connectivity index (χ1) is 7.40. The Bertz CT molecular complexity index is 366. The van der Waals surface area contributed by atoms with Gasteiger partial charge < -0.3 is 9.84 Å². The third-order valence-electron chi connectivity index (χ3n) is 2.05. The van der Waals surface area contributed by atoms with Crippen molar-refractivity contribution in [3.63, 3.8) is 0 Å². The lowest BCUT2D eigenvalue weighted by atomic mass is 10.1. The first-order valence-electron chi connectivity index (χ1n) is 4.36. The highest BCUT2D eigenvalue weighted by Crippen LogP contribution is 2.36. The number of ether oxygens (including phenoxy) is 1. The summed E-state index contributed by atoms with van der Waals surface area (Å²) in [7, 11) is 1.15. The van der Waals surface area contributed by atoms with Gasteiger partial charge in [-0.3, -0.25) is 0 Å². The maximum Gasteiger partial charge on any atom is 0.416 e. The molecule has 1 aromatic carbocycles.